The average Bonchev–Trinajstić information content (AvgIpc) is 2.85. The van der Waals surface area contributed by atoms with E-state index in [0.717, 1.165) is 5.56 Å². The summed E-state index contributed by atoms with van der Waals surface area (Å²) in [5.41, 5.74) is 2.42. The molecule has 170 valence electrons. The van der Waals surface area contributed by atoms with E-state index in [1.165, 1.54) is 17.3 Å². The highest BCUT2D eigenvalue weighted by molar-refractivity contribution is 6.06. The number of anilines is 1. The number of halogens is 4. The summed E-state index contributed by atoms with van der Waals surface area (Å²) in [5.74, 6) is -1.70. The fourth-order valence-corrected chi connectivity index (χ4v) is 3.31. The molecular formula is C21H19F4N3O4. The topological polar surface area (TPSA) is 87.7 Å². The number of hydrogen-bond donors (Lipinski definition) is 2. The molecule has 0 aromatic heterocycles. The van der Waals surface area contributed by atoms with Gasteiger partial charge < -0.3 is 20.3 Å². The van der Waals surface area contributed by atoms with Crippen LogP contribution in [0.4, 0.5) is 28.0 Å². The van der Waals surface area contributed by atoms with Gasteiger partial charge in [-0.25, -0.2) is 9.18 Å². The van der Waals surface area contributed by atoms with Gasteiger partial charge in [0.25, 0.3) is 11.8 Å². The Kier molecular flexibility index (Phi) is 6.66. The molecule has 0 bridgehead atoms. The smallest absolute Gasteiger partial charge is 0.408 e. The van der Waals surface area contributed by atoms with Crippen LogP contribution in [0.5, 0.6) is 0 Å². The van der Waals surface area contributed by atoms with Crippen molar-refractivity contribution in [3.8, 4) is 11.1 Å². The van der Waals surface area contributed by atoms with Gasteiger partial charge in [0.2, 0.25) is 6.10 Å². The van der Waals surface area contributed by atoms with E-state index < -0.39 is 49.4 Å². The highest BCUT2D eigenvalue weighted by Crippen LogP contribution is 2.39. The second kappa shape index (κ2) is 9.25. The molecule has 2 atom stereocenters. The van der Waals surface area contributed by atoms with Crippen LogP contribution in [-0.4, -0.2) is 50.5 Å². The van der Waals surface area contributed by atoms with Crippen molar-refractivity contribution in [1.29, 1.82) is 0 Å². The lowest BCUT2D eigenvalue weighted by Crippen LogP contribution is -2.47. The average molecular weight is 453 g/mol. The van der Waals surface area contributed by atoms with Crippen LogP contribution >= 0.6 is 0 Å². The van der Waals surface area contributed by atoms with Crippen LogP contribution in [0.25, 0.3) is 11.1 Å². The van der Waals surface area contributed by atoms with E-state index in [4.69, 9.17) is 0 Å². The molecule has 0 radical (unpaired) electrons. The summed E-state index contributed by atoms with van der Waals surface area (Å²) in [5, 5.41) is 3.75. The van der Waals surface area contributed by atoms with Gasteiger partial charge in [-0.15, -0.1) is 0 Å². The maximum absolute atomic E-state index is 13.4. The number of carbonyl (C=O) groups excluding carboxylic acids is 3. The molecule has 3 amide bonds. The lowest BCUT2D eigenvalue weighted by atomic mass is 9.95. The first-order valence-corrected chi connectivity index (χ1v) is 9.46. The lowest BCUT2D eigenvalue weighted by Gasteiger charge is -2.24. The molecule has 32 heavy (non-hydrogen) atoms. The van der Waals surface area contributed by atoms with E-state index in [-0.39, 0.29) is 0 Å². The number of amides is 3. The van der Waals surface area contributed by atoms with E-state index in [2.05, 4.69) is 10.1 Å². The Morgan fingerprint density at radius 2 is 1.72 bits per heavy atom. The summed E-state index contributed by atoms with van der Waals surface area (Å²) >= 11 is 0. The molecule has 2 aromatic carbocycles. The number of alkyl halides is 4. The zero-order valence-corrected chi connectivity index (χ0v) is 16.8. The van der Waals surface area contributed by atoms with E-state index in [1.54, 1.807) is 48.5 Å². The first-order chi connectivity index (χ1) is 15.1. The third-order valence-corrected chi connectivity index (χ3v) is 4.81. The second-order valence-electron chi connectivity index (χ2n) is 6.96. The van der Waals surface area contributed by atoms with Crippen LogP contribution in [0.2, 0.25) is 0 Å². The SMILES string of the molecule is CN1C(=O)C(NC(=O)C(CF)OC(=O)NCC(F)(F)F)c2ccccc2-c2ccccc21. The lowest BCUT2D eigenvalue weighted by molar-refractivity contribution is -0.135. The number of rotatable bonds is 5. The summed E-state index contributed by atoms with van der Waals surface area (Å²) in [4.78, 5) is 38.6. The summed E-state index contributed by atoms with van der Waals surface area (Å²) < 4.78 is 54.5. The van der Waals surface area contributed by atoms with E-state index in [9.17, 15) is 31.9 Å². The number of ether oxygens (including phenoxy) is 1. The molecular weight excluding hydrogens is 434 g/mol. The molecule has 2 unspecified atom stereocenters. The van der Waals surface area contributed by atoms with Crippen LogP contribution in [0.3, 0.4) is 0 Å². The molecule has 0 fully saturated rings. The van der Waals surface area contributed by atoms with E-state index >= 15 is 0 Å². The van der Waals surface area contributed by atoms with Crippen molar-refractivity contribution < 1.29 is 36.7 Å². The van der Waals surface area contributed by atoms with Gasteiger partial charge in [-0.05, 0) is 17.2 Å². The Morgan fingerprint density at radius 3 is 2.38 bits per heavy atom. The van der Waals surface area contributed by atoms with Crippen molar-refractivity contribution in [2.24, 2.45) is 0 Å². The van der Waals surface area contributed by atoms with Crippen molar-refractivity contribution in [2.45, 2.75) is 18.3 Å². The van der Waals surface area contributed by atoms with Gasteiger partial charge in [0.15, 0.2) is 0 Å². The number of fused-ring (bicyclic) bond motifs is 3. The molecule has 11 heteroatoms. The minimum Gasteiger partial charge on any atom is -0.433 e. The summed E-state index contributed by atoms with van der Waals surface area (Å²) in [6.07, 6.45) is -8.36. The van der Waals surface area contributed by atoms with Gasteiger partial charge in [0.1, 0.15) is 19.3 Å². The van der Waals surface area contributed by atoms with E-state index in [0.29, 0.717) is 16.8 Å². The zero-order valence-electron chi connectivity index (χ0n) is 16.8. The number of likely N-dealkylation sites (N-methyl/N-ethyl adjacent to an activating group) is 1. The minimum atomic E-state index is -4.71. The predicted molar refractivity (Wildman–Crippen MR) is 106 cm³/mol. The molecule has 2 aromatic rings. The van der Waals surface area contributed by atoms with Crippen LogP contribution in [0.1, 0.15) is 11.6 Å². The Balaban J connectivity index is 1.83. The molecule has 1 aliphatic heterocycles. The molecule has 0 spiro atoms. The van der Waals surface area contributed by atoms with Gasteiger partial charge >= 0.3 is 12.3 Å². The Bertz CT molecular complexity index is 1030. The van der Waals surface area contributed by atoms with E-state index in [1.807, 2.05) is 0 Å². The number of hydrogen-bond acceptors (Lipinski definition) is 4. The predicted octanol–water partition coefficient (Wildman–Crippen LogP) is 3.11. The highest BCUT2D eigenvalue weighted by atomic mass is 19.4. The normalized spacial score (nSPS) is 16.3. The van der Waals surface area contributed by atoms with Crippen LogP contribution < -0.4 is 15.5 Å². The summed E-state index contributed by atoms with van der Waals surface area (Å²) in [6, 6.07) is 12.6. The van der Waals surface area contributed by atoms with Crippen molar-refractivity contribution in [3.05, 3.63) is 54.1 Å². The molecule has 0 aliphatic carbocycles. The first-order valence-electron chi connectivity index (χ1n) is 9.46. The zero-order chi connectivity index (χ0) is 23.5. The Labute approximate surface area is 180 Å². The van der Waals surface area contributed by atoms with Crippen LogP contribution in [-0.2, 0) is 14.3 Å². The summed E-state index contributed by atoms with van der Waals surface area (Å²) in [7, 11) is 1.51. The maximum Gasteiger partial charge on any atom is 0.408 e. The van der Waals surface area contributed by atoms with Crippen molar-refractivity contribution >= 4 is 23.6 Å². The van der Waals surface area contributed by atoms with Gasteiger partial charge in [0, 0.05) is 12.6 Å². The second-order valence-corrected chi connectivity index (χ2v) is 6.96. The van der Waals surface area contributed by atoms with Gasteiger partial charge in [-0.2, -0.15) is 13.2 Å². The number of nitrogens with one attached hydrogen (secondary N) is 2. The largest absolute Gasteiger partial charge is 0.433 e. The molecule has 7 nitrogen and oxygen atoms in total. The van der Waals surface area contributed by atoms with Crippen molar-refractivity contribution in [3.63, 3.8) is 0 Å². The number of carbonyl (C=O) groups is 3. The van der Waals surface area contributed by atoms with Gasteiger partial charge in [-0.3, -0.25) is 9.59 Å². The third-order valence-electron chi connectivity index (χ3n) is 4.81. The maximum atomic E-state index is 13.4. The van der Waals surface area contributed by atoms with Crippen LogP contribution in [0, 0.1) is 0 Å². The van der Waals surface area contributed by atoms with Gasteiger partial charge in [0.05, 0.1) is 5.69 Å². The molecule has 2 N–H and O–H groups in total. The number of para-hydroxylation sites is 1. The minimum absolute atomic E-state index is 0.432. The summed E-state index contributed by atoms with van der Waals surface area (Å²) in [6.45, 7) is -3.20. The van der Waals surface area contributed by atoms with Crippen LogP contribution in [0.15, 0.2) is 48.5 Å². The molecule has 1 heterocycles. The molecule has 0 saturated carbocycles. The molecule has 3 rings (SSSR count). The van der Waals surface area contributed by atoms with Gasteiger partial charge in [-0.1, -0.05) is 42.5 Å². The first kappa shape index (κ1) is 23.0. The number of alkyl carbamates (subject to hydrolysis) is 1. The number of nitrogens with zero attached hydrogens (tertiary/aromatic N) is 1. The Morgan fingerprint density at radius 1 is 1.09 bits per heavy atom. The molecule has 0 saturated heterocycles. The monoisotopic (exact) mass is 453 g/mol. The fraction of sp³-hybridized carbons (Fsp3) is 0.286. The number of benzene rings is 2. The molecule has 1 aliphatic rings. The van der Waals surface area contributed by atoms with Crippen molar-refractivity contribution in [1.82, 2.24) is 10.6 Å². The van der Waals surface area contributed by atoms with Crippen molar-refractivity contribution in [2.75, 3.05) is 25.2 Å². The Hall–Kier alpha value is -3.63. The highest BCUT2D eigenvalue weighted by Gasteiger charge is 2.36. The third kappa shape index (κ3) is 4.98. The standard InChI is InChI=1S/C21H19F4N3O4/c1-28-15-9-5-4-7-13(15)12-6-2-3-8-14(12)17(19(28)30)27-18(29)16(10-22)32-20(31)26-11-21(23,24)25/h2-9,16-17H,10-11H2,1H3,(H,26,31)(H,27,29). The fourth-order valence-electron chi connectivity index (χ4n) is 3.31. The quantitative estimate of drug-likeness (QED) is 0.682.